The van der Waals surface area contributed by atoms with Crippen molar-refractivity contribution in [2.45, 2.75) is 40.5 Å². The van der Waals surface area contributed by atoms with Crippen LogP contribution in [0, 0.1) is 18.8 Å². The number of piperidine rings is 1. The van der Waals surface area contributed by atoms with Crippen molar-refractivity contribution in [3.05, 3.63) is 44.7 Å². The molecule has 0 radical (unpaired) electrons. The molecule has 0 aliphatic carbocycles. The number of anilines is 1. The first kappa shape index (κ1) is 22.0. The minimum Gasteiger partial charge on any atom is -0.355 e. The van der Waals surface area contributed by atoms with Crippen LogP contribution in [-0.2, 0) is 4.79 Å². The summed E-state index contributed by atoms with van der Waals surface area (Å²) in [5.41, 5.74) is 1.90. The summed E-state index contributed by atoms with van der Waals surface area (Å²) in [5, 5.41) is 0. The third kappa shape index (κ3) is 4.15. The molecule has 2 atom stereocenters. The van der Waals surface area contributed by atoms with Crippen molar-refractivity contribution in [1.82, 2.24) is 14.3 Å². The predicted octanol–water partition coefficient (Wildman–Crippen LogP) is 4.10. The number of hydrogen-bond acceptors (Lipinski definition) is 6. The highest BCUT2D eigenvalue weighted by Gasteiger charge is 2.33. The summed E-state index contributed by atoms with van der Waals surface area (Å²) in [6, 6.07) is 3.81. The maximum Gasteiger partial charge on any atom is 0.267 e. The van der Waals surface area contributed by atoms with Crippen molar-refractivity contribution < 1.29 is 4.79 Å². The van der Waals surface area contributed by atoms with E-state index in [0.29, 0.717) is 44.6 Å². The minimum atomic E-state index is -0.157. The molecule has 2 aliphatic heterocycles. The molecule has 2 fully saturated rings. The number of fused-ring (bicyclic) bond motifs is 1. The van der Waals surface area contributed by atoms with E-state index in [-0.39, 0.29) is 11.5 Å². The number of aromatic nitrogens is 2. The van der Waals surface area contributed by atoms with Gasteiger partial charge in [-0.05, 0) is 49.3 Å². The monoisotopic (exact) mass is 456 g/mol. The van der Waals surface area contributed by atoms with E-state index in [1.54, 1.807) is 21.6 Å². The highest BCUT2D eigenvalue weighted by atomic mass is 32.2. The zero-order valence-corrected chi connectivity index (χ0v) is 20.1. The summed E-state index contributed by atoms with van der Waals surface area (Å²) >= 11 is 6.67. The summed E-state index contributed by atoms with van der Waals surface area (Å²) in [4.78, 5) is 35.8. The Morgan fingerprint density at radius 3 is 2.65 bits per heavy atom. The molecule has 2 aromatic heterocycles. The van der Waals surface area contributed by atoms with Crippen molar-refractivity contribution in [3.63, 3.8) is 0 Å². The van der Waals surface area contributed by atoms with Crippen molar-refractivity contribution in [2.75, 3.05) is 24.5 Å². The van der Waals surface area contributed by atoms with Gasteiger partial charge in [0.25, 0.3) is 11.5 Å². The number of carbonyl (C=O) groups is 1. The Balaban J connectivity index is 1.89. The molecule has 0 aromatic carbocycles. The molecule has 4 heterocycles. The smallest absolute Gasteiger partial charge is 0.267 e. The lowest BCUT2D eigenvalue weighted by Crippen LogP contribution is -2.40. The van der Waals surface area contributed by atoms with E-state index in [0.717, 1.165) is 31.5 Å². The van der Waals surface area contributed by atoms with Gasteiger partial charge in [0.05, 0.1) is 10.5 Å². The standard InChI is InChI=1S/C23H28N4O2S2/c1-5-8-27-22(29)18(31-23(27)30)11-17-20(25-12-14(2)10-15(3)13-25)24-19-16(4)7-6-9-26(19)21(17)28/h6-7,9,11,14-15H,5,8,10,12-13H2,1-4H3/b18-11-/t14-,15-/m1/s1. The molecule has 6 nitrogen and oxygen atoms in total. The van der Waals surface area contributed by atoms with Crippen molar-refractivity contribution in [3.8, 4) is 0 Å². The summed E-state index contributed by atoms with van der Waals surface area (Å²) in [6.45, 7) is 10.7. The quantitative estimate of drug-likeness (QED) is 0.510. The zero-order valence-electron chi connectivity index (χ0n) is 18.4. The lowest BCUT2D eigenvalue weighted by atomic mass is 9.91. The topological polar surface area (TPSA) is 57.9 Å². The van der Waals surface area contributed by atoms with Crippen LogP contribution < -0.4 is 10.5 Å². The fourth-order valence-corrected chi connectivity index (χ4v) is 5.84. The summed E-state index contributed by atoms with van der Waals surface area (Å²) in [5.74, 6) is 1.56. The Bertz CT molecular complexity index is 1130. The van der Waals surface area contributed by atoms with E-state index in [9.17, 15) is 9.59 Å². The van der Waals surface area contributed by atoms with E-state index in [4.69, 9.17) is 17.2 Å². The number of thioether (sulfide) groups is 1. The van der Waals surface area contributed by atoms with E-state index >= 15 is 0 Å². The molecule has 8 heteroatoms. The number of thiocarbonyl (C=S) groups is 1. The van der Waals surface area contributed by atoms with Crippen LogP contribution in [0.4, 0.5) is 5.82 Å². The SMILES string of the molecule is CCCN1C(=O)/C(=C/c2c(N3C[C@H](C)C[C@@H](C)C3)nc3c(C)cccn3c2=O)SC1=S. The van der Waals surface area contributed by atoms with Crippen LogP contribution in [-0.4, -0.2) is 44.1 Å². The van der Waals surface area contributed by atoms with Gasteiger partial charge in [0.15, 0.2) is 0 Å². The van der Waals surface area contributed by atoms with Gasteiger partial charge in [-0.2, -0.15) is 0 Å². The molecule has 0 spiro atoms. The van der Waals surface area contributed by atoms with Crippen LogP contribution in [0.2, 0.25) is 0 Å². The average molecular weight is 457 g/mol. The number of amides is 1. The number of pyridine rings is 1. The van der Waals surface area contributed by atoms with Crippen LogP contribution in [0.3, 0.4) is 0 Å². The van der Waals surface area contributed by atoms with Crippen molar-refractivity contribution in [1.29, 1.82) is 0 Å². The van der Waals surface area contributed by atoms with Gasteiger partial charge in [-0.3, -0.25) is 18.9 Å². The first-order valence-corrected chi connectivity index (χ1v) is 12.0. The van der Waals surface area contributed by atoms with Gasteiger partial charge in [-0.15, -0.1) is 0 Å². The molecular formula is C23H28N4O2S2. The van der Waals surface area contributed by atoms with E-state index in [1.807, 2.05) is 26.0 Å². The second-order valence-corrected chi connectivity index (χ2v) is 10.4. The number of carbonyl (C=O) groups excluding carboxylic acids is 1. The Morgan fingerprint density at radius 2 is 1.97 bits per heavy atom. The maximum atomic E-state index is 13.6. The van der Waals surface area contributed by atoms with Gasteiger partial charge in [-0.25, -0.2) is 4.98 Å². The normalized spacial score (nSPS) is 23.4. The number of aryl methyl sites for hydroxylation is 1. The van der Waals surface area contributed by atoms with Gasteiger partial charge in [0.1, 0.15) is 15.8 Å². The summed E-state index contributed by atoms with van der Waals surface area (Å²) in [7, 11) is 0. The van der Waals surface area contributed by atoms with Crippen LogP contribution in [0.1, 0.15) is 44.7 Å². The Labute approximate surface area is 192 Å². The molecule has 0 saturated carbocycles. The van der Waals surface area contributed by atoms with E-state index < -0.39 is 0 Å². The number of hydrogen-bond donors (Lipinski definition) is 0. The fourth-order valence-electron chi connectivity index (χ4n) is 4.55. The van der Waals surface area contributed by atoms with Gasteiger partial charge in [0, 0.05) is 25.8 Å². The third-order valence-electron chi connectivity index (χ3n) is 5.83. The lowest BCUT2D eigenvalue weighted by molar-refractivity contribution is -0.122. The predicted molar refractivity (Wildman–Crippen MR) is 132 cm³/mol. The second kappa shape index (κ2) is 8.74. The van der Waals surface area contributed by atoms with E-state index in [2.05, 4.69) is 18.7 Å². The van der Waals surface area contributed by atoms with Crippen LogP contribution in [0.15, 0.2) is 28.0 Å². The van der Waals surface area contributed by atoms with Gasteiger partial charge in [-0.1, -0.05) is 50.8 Å². The van der Waals surface area contributed by atoms with Gasteiger partial charge >= 0.3 is 0 Å². The second-order valence-electron chi connectivity index (χ2n) is 8.72. The molecule has 2 saturated heterocycles. The maximum absolute atomic E-state index is 13.6. The number of rotatable bonds is 4. The minimum absolute atomic E-state index is 0.128. The van der Waals surface area contributed by atoms with Crippen molar-refractivity contribution >= 4 is 51.7 Å². The van der Waals surface area contributed by atoms with Crippen LogP contribution in [0.5, 0.6) is 0 Å². The fraction of sp³-hybridized carbons (Fsp3) is 0.478. The molecule has 4 rings (SSSR count). The molecule has 2 aliphatic rings. The molecule has 0 bridgehead atoms. The summed E-state index contributed by atoms with van der Waals surface area (Å²) < 4.78 is 2.12. The van der Waals surface area contributed by atoms with Gasteiger partial charge in [0.2, 0.25) is 0 Å². The largest absolute Gasteiger partial charge is 0.355 e. The summed E-state index contributed by atoms with van der Waals surface area (Å²) in [6.07, 6.45) is 5.43. The zero-order chi connectivity index (χ0) is 22.3. The molecular weight excluding hydrogens is 428 g/mol. The van der Waals surface area contributed by atoms with Gasteiger partial charge < -0.3 is 4.90 Å². The highest BCUT2D eigenvalue weighted by Crippen LogP contribution is 2.34. The first-order valence-electron chi connectivity index (χ1n) is 10.8. The Morgan fingerprint density at radius 1 is 1.26 bits per heavy atom. The molecule has 0 N–H and O–H groups in total. The van der Waals surface area contributed by atoms with Crippen LogP contribution in [0.25, 0.3) is 11.7 Å². The van der Waals surface area contributed by atoms with Crippen LogP contribution >= 0.6 is 24.0 Å². The molecule has 2 aromatic rings. The molecule has 1 amide bonds. The molecule has 0 unspecified atom stereocenters. The lowest BCUT2D eigenvalue weighted by Gasteiger charge is -2.36. The third-order valence-corrected chi connectivity index (χ3v) is 7.21. The average Bonchev–Trinajstić information content (AvgIpc) is 2.97. The Hall–Kier alpha value is -2.19. The van der Waals surface area contributed by atoms with Crippen molar-refractivity contribution in [2.24, 2.45) is 11.8 Å². The first-order chi connectivity index (χ1) is 14.8. The molecule has 31 heavy (non-hydrogen) atoms. The Kier molecular flexibility index (Phi) is 6.21. The molecule has 164 valence electrons. The highest BCUT2D eigenvalue weighted by molar-refractivity contribution is 8.26. The van der Waals surface area contributed by atoms with E-state index in [1.165, 1.54) is 11.8 Å². The number of nitrogens with zero attached hydrogens (tertiary/aromatic N) is 4.